The minimum Gasteiger partial charge on any atom is -0.463 e. The molecule has 1 aliphatic heterocycles. The molecule has 23 heavy (non-hydrogen) atoms. The van der Waals surface area contributed by atoms with Gasteiger partial charge in [0.25, 0.3) is 0 Å². The van der Waals surface area contributed by atoms with Crippen LogP contribution in [0.5, 0.6) is 0 Å². The SMILES string of the molecule is CC(C)OC(=O)CCNC(=O)[C@H]1CNC[C@@H]1c1cnn(C)c1.Cl. The number of carbonyl (C=O) groups is 2. The summed E-state index contributed by atoms with van der Waals surface area (Å²) in [4.78, 5) is 23.8. The molecule has 7 nitrogen and oxygen atoms in total. The summed E-state index contributed by atoms with van der Waals surface area (Å²) in [7, 11) is 1.86. The third-order valence-corrected chi connectivity index (χ3v) is 3.70. The van der Waals surface area contributed by atoms with Gasteiger partial charge in [-0.2, -0.15) is 5.10 Å². The van der Waals surface area contributed by atoms with Crippen molar-refractivity contribution in [1.82, 2.24) is 20.4 Å². The van der Waals surface area contributed by atoms with Crippen molar-refractivity contribution >= 4 is 24.3 Å². The Labute approximate surface area is 142 Å². The first-order valence-corrected chi connectivity index (χ1v) is 7.64. The number of rotatable bonds is 6. The highest BCUT2D eigenvalue weighted by Crippen LogP contribution is 2.27. The highest BCUT2D eigenvalue weighted by Gasteiger charge is 2.34. The molecule has 0 unspecified atom stereocenters. The van der Waals surface area contributed by atoms with E-state index in [1.807, 2.05) is 13.2 Å². The fourth-order valence-electron chi connectivity index (χ4n) is 2.68. The van der Waals surface area contributed by atoms with E-state index in [4.69, 9.17) is 4.74 Å². The summed E-state index contributed by atoms with van der Waals surface area (Å²) in [5, 5.41) is 10.2. The maximum absolute atomic E-state index is 12.3. The van der Waals surface area contributed by atoms with E-state index in [0.717, 1.165) is 12.1 Å². The summed E-state index contributed by atoms with van der Waals surface area (Å²) in [5.41, 5.74) is 1.06. The van der Waals surface area contributed by atoms with Crippen LogP contribution in [0.1, 0.15) is 31.7 Å². The Morgan fingerprint density at radius 2 is 2.22 bits per heavy atom. The number of halogens is 1. The van der Waals surface area contributed by atoms with Crippen LogP contribution in [0.25, 0.3) is 0 Å². The Hall–Kier alpha value is -1.60. The molecule has 1 aromatic rings. The first kappa shape index (κ1) is 19.4. The monoisotopic (exact) mass is 344 g/mol. The lowest BCUT2D eigenvalue weighted by molar-refractivity contribution is -0.147. The second kappa shape index (κ2) is 8.88. The van der Waals surface area contributed by atoms with Gasteiger partial charge >= 0.3 is 5.97 Å². The van der Waals surface area contributed by atoms with E-state index >= 15 is 0 Å². The number of amides is 1. The predicted molar refractivity (Wildman–Crippen MR) is 88.4 cm³/mol. The summed E-state index contributed by atoms with van der Waals surface area (Å²) >= 11 is 0. The maximum atomic E-state index is 12.3. The van der Waals surface area contributed by atoms with Crippen molar-refractivity contribution in [3.05, 3.63) is 18.0 Å². The van der Waals surface area contributed by atoms with Crippen LogP contribution in [0.2, 0.25) is 0 Å². The number of esters is 1. The molecule has 0 saturated carbocycles. The molecule has 0 radical (unpaired) electrons. The number of aryl methyl sites for hydroxylation is 1. The fourth-order valence-corrected chi connectivity index (χ4v) is 2.68. The normalized spacial score (nSPS) is 20.2. The van der Waals surface area contributed by atoms with Crippen molar-refractivity contribution in [2.75, 3.05) is 19.6 Å². The summed E-state index contributed by atoms with van der Waals surface area (Å²) in [6, 6.07) is 0. The number of hydrogen-bond donors (Lipinski definition) is 2. The van der Waals surface area contributed by atoms with E-state index < -0.39 is 0 Å². The van der Waals surface area contributed by atoms with Crippen LogP contribution in [0.15, 0.2) is 12.4 Å². The van der Waals surface area contributed by atoms with Crippen LogP contribution in [0.4, 0.5) is 0 Å². The van der Waals surface area contributed by atoms with Crippen molar-refractivity contribution in [1.29, 1.82) is 0 Å². The van der Waals surface area contributed by atoms with Crippen molar-refractivity contribution in [3.8, 4) is 0 Å². The van der Waals surface area contributed by atoms with Crippen LogP contribution < -0.4 is 10.6 Å². The maximum Gasteiger partial charge on any atom is 0.307 e. The molecule has 1 amide bonds. The van der Waals surface area contributed by atoms with Gasteiger partial charge in [-0.1, -0.05) is 0 Å². The van der Waals surface area contributed by atoms with Crippen molar-refractivity contribution in [2.45, 2.75) is 32.3 Å². The van der Waals surface area contributed by atoms with Gasteiger partial charge in [0.2, 0.25) is 5.91 Å². The molecule has 0 spiro atoms. The molecule has 2 rings (SSSR count). The topological polar surface area (TPSA) is 85.2 Å². The number of ether oxygens (including phenoxy) is 1. The van der Waals surface area contributed by atoms with E-state index in [1.54, 1.807) is 24.7 Å². The lowest BCUT2D eigenvalue weighted by Crippen LogP contribution is -2.35. The van der Waals surface area contributed by atoms with E-state index in [2.05, 4.69) is 15.7 Å². The quantitative estimate of drug-likeness (QED) is 0.738. The molecule has 1 aromatic heterocycles. The standard InChI is InChI=1S/C15H24N4O3.ClH/c1-10(2)22-14(20)4-5-17-15(21)13-8-16-7-12(13)11-6-18-19(3)9-11;/h6,9-10,12-13,16H,4-5,7-8H2,1-3H3,(H,17,21);1H/t12-,13+;/m1./s1. The van der Waals surface area contributed by atoms with Gasteiger partial charge in [0.1, 0.15) is 0 Å². The molecule has 0 aliphatic carbocycles. The Morgan fingerprint density at radius 3 is 2.83 bits per heavy atom. The lowest BCUT2D eigenvalue weighted by Gasteiger charge is -2.17. The summed E-state index contributed by atoms with van der Waals surface area (Å²) in [6.45, 7) is 5.32. The molecule has 2 N–H and O–H groups in total. The van der Waals surface area contributed by atoms with Crippen molar-refractivity contribution in [3.63, 3.8) is 0 Å². The van der Waals surface area contributed by atoms with Gasteiger partial charge < -0.3 is 15.4 Å². The number of hydrogen-bond acceptors (Lipinski definition) is 5. The van der Waals surface area contributed by atoms with Gasteiger partial charge in [0.15, 0.2) is 0 Å². The first-order valence-electron chi connectivity index (χ1n) is 7.64. The number of aromatic nitrogens is 2. The zero-order chi connectivity index (χ0) is 16.1. The minimum atomic E-state index is -0.288. The van der Waals surface area contributed by atoms with Crippen molar-refractivity contribution < 1.29 is 14.3 Å². The Kier molecular flexibility index (Phi) is 7.51. The van der Waals surface area contributed by atoms with E-state index in [0.29, 0.717) is 13.1 Å². The highest BCUT2D eigenvalue weighted by atomic mass is 35.5. The van der Waals surface area contributed by atoms with Crippen molar-refractivity contribution in [2.24, 2.45) is 13.0 Å². The zero-order valence-corrected chi connectivity index (χ0v) is 14.6. The number of nitrogens with zero attached hydrogens (tertiary/aromatic N) is 2. The molecule has 2 atom stereocenters. The van der Waals surface area contributed by atoms with E-state index in [-0.39, 0.29) is 48.6 Å². The molecule has 130 valence electrons. The molecule has 2 heterocycles. The van der Waals surface area contributed by atoms with Crippen LogP contribution in [-0.4, -0.2) is 47.4 Å². The number of nitrogens with one attached hydrogen (secondary N) is 2. The smallest absolute Gasteiger partial charge is 0.307 e. The largest absolute Gasteiger partial charge is 0.463 e. The third kappa shape index (κ3) is 5.51. The van der Waals surface area contributed by atoms with E-state index in [1.165, 1.54) is 0 Å². The van der Waals surface area contributed by atoms with Gasteiger partial charge in [-0.15, -0.1) is 12.4 Å². The fraction of sp³-hybridized carbons (Fsp3) is 0.667. The second-order valence-corrected chi connectivity index (χ2v) is 5.90. The highest BCUT2D eigenvalue weighted by molar-refractivity contribution is 5.85. The van der Waals surface area contributed by atoms with Crippen LogP contribution in [0, 0.1) is 5.92 Å². The van der Waals surface area contributed by atoms with Gasteiger partial charge in [-0.05, 0) is 19.4 Å². The minimum absolute atomic E-state index is 0. The second-order valence-electron chi connectivity index (χ2n) is 5.90. The molecule has 1 fully saturated rings. The first-order chi connectivity index (χ1) is 10.5. The Bertz CT molecular complexity index is 533. The van der Waals surface area contributed by atoms with Crippen LogP contribution in [-0.2, 0) is 21.4 Å². The predicted octanol–water partition coefficient (Wildman–Crippen LogP) is 0.603. The van der Waals surface area contributed by atoms with Gasteiger partial charge in [-0.3, -0.25) is 14.3 Å². The molecule has 1 saturated heterocycles. The summed E-state index contributed by atoms with van der Waals surface area (Å²) in [5.74, 6) is -0.332. The molecule has 0 aromatic carbocycles. The molecule has 1 aliphatic rings. The summed E-state index contributed by atoms with van der Waals surface area (Å²) < 4.78 is 6.78. The molecule has 8 heteroatoms. The van der Waals surface area contributed by atoms with Crippen LogP contribution >= 0.6 is 12.4 Å². The Morgan fingerprint density at radius 1 is 1.48 bits per heavy atom. The molecule has 0 bridgehead atoms. The van der Waals surface area contributed by atoms with Gasteiger partial charge in [0, 0.05) is 38.8 Å². The third-order valence-electron chi connectivity index (χ3n) is 3.70. The average Bonchev–Trinajstić information content (AvgIpc) is 3.05. The lowest BCUT2D eigenvalue weighted by atomic mass is 9.90. The van der Waals surface area contributed by atoms with Gasteiger partial charge in [0.05, 0.1) is 24.6 Å². The molecular weight excluding hydrogens is 320 g/mol. The number of carbonyl (C=O) groups excluding carboxylic acids is 2. The summed E-state index contributed by atoms with van der Waals surface area (Å²) in [6.07, 6.45) is 3.81. The zero-order valence-electron chi connectivity index (χ0n) is 13.7. The Balaban J connectivity index is 0.00000264. The van der Waals surface area contributed by atoms with E-state index in [9.17, 15) is 9.59 Å². The average molecular weight is 345 g/mol. The van der Waals surface area contributed by atoms with Gasteiger partial charge in [-0.25, -0.2) is 0 Å². The molecular formula is C15H25ClN4O3. The van der Waals surface area contributed by atoms with Crippen LogP contribution in [0.3, 0.4) is 0 Å².